The molecule has 1 aliphatic carbocycles. The molecule has 0 spiro atoms. The third-order valence-corrected chi connectivity index (χ3v) is 1.38. The minimum atomic E-state index is -0.597. The Morgan fingerprint density at radius 1 is 1.70 bits per heavy atom. The van der Waals surface area contributed by atoms with Gasteiger partial charge in [-0.15, -0.1) is 0 Å². The highest BCUT2D eigenvalue weighted by molar-refractivity contribution is 5.87. The monoisotopic (exact) mass is 142 g/mol. The van der Waals surface area contributed by atoms with Crippen LogP contribution in [0.4, 0.5) is 0 Å². The van der Waals surface area contributed by atoms with Gasteiger partial charge >= 0.3 is 5.97 Å². The first-order chi connectivity index (χ1) is 4.74. The van der Waals surface area contributed by atoms with Crippen LogP contribution in [0.3, 0.4) is 0 Å². The van der Waals surface area contributed by atoms with Crippen molar-refractivity contribution in [1.82, 2.24) is 0 Å². The first-order valence-electron chi connectivity index (χ1n) is 3.40. The van der Waals surface area contributed by atoms with Gasteiger partial charge in [-0.25, -0.2) is 0 Å². The highest BCUT2D eigenvalue weighted by Crippen LogP contribution is 2.24. The Morgan fingerprint density at radius 3 is 2.70 bits per heavy atom. The Morgan fingerprint density at radius 2 is 2.30 bits per heavy atom. The Bertz CT molecular complexity index is 149. The molecule has 1 aliphatic rings. The largest absolute Gasteiger partial charge is 0.462 e. The molecule has 3 heteroatoms. The van der Waals surface area contributed by atoms with Crippen LogP contribution in [0.1, 0.15) is 19.8 Å². The van der Waals surface area contributed by atoms with Crippen molar-refractivity contribution in [2.45, 2.75) is 25.9 Å². The molecule has 1 saturated carbocycles. The second-order valence-electron chi connectivity index (χ2n) is 2.56. The molecule has 1 atom stereocenters. The molecule has 0 aromatic heterocycles. The molecule has 0 N–H and O–H groups in total. The Labute approximate surface area is 59.4 Å². The number of ether oxygens (including phenoxy) is 1. The van der Waals surface area contributed by atoms with Gasteiger partial charge in [0.2, 0.25) is 0 Å². The van der Waals surface area contributed by atoms with Gasteiger partial charge in [-0.1, -0.05) is 0 Å². The maximum Gasteiger partial charge on any atom is 0.316 e. The average molecular weight is 142 g/mol. The van der Waals surface area contributed by atoms with E-state index in [0.717, 1.165) is 12.8 Å². The summed E-state index contributed by atoms with van der Waals surface area (Å²) in [6.07, 6.45) is 2.62. The summed E-state index contributed by atoms with van der Waals surface area (Å²) in [5.74, 6) is -0.988. The van der Waals surface area contributed by atoms with E-state index in [4.69, 9.17) is 4.74 Å². The maximum absolute atomic E-state index is 10.8. The van der Waals surface area contributed by atoms with Crippen molar-refractivity contribution in [3.63, 3.8) is 0 Å². The maximum atomic E-state index is 10.8. The fourth-order valence-corrected chi connectivity index (χ4v) is 0.513. The number of esters is 1. The number of aldehydes is 1. The molecule has 1 fully saturated rings. The third kappa shape index (κ3) is 1.83. The summed E-state index contributed by atoms with van der Waals surface area (Å²) < 4.78 is 4.84. The van der Waals surface area contributed by atoms with E-state index < -0.39 is 11.9 Å². The number of hydrogen-bond acceptors (Lipinski definition) is 3. The van der Waals surface area contributed by atoms with E-state index in [1.807, 2.05) is 0 Å². The second-order valence-corrected chi connectivity index (χ2v) is 2.56. The SMILES string of the molecule is CC(C=O)C(=O)OC1CC1. The molecule has 1 rings (SSSR count). The van der Waals surface area contributed by atoms with E-state index in [2.05, 4.69) is 0 Å². The third-order valence-electron chi connectivity index (χ3n) is 1.38. The predicted octanol–water partition coefficient (Wildman–Crippen LogP) is 0.527. The summed E-state index contributed by atoms with van der Waals surface area (Å²) in [7, 11) is 0. The highest BCUT2D eigenvalue weighted by atomic mass is 16.5. The van der Waals surface area contributed by atoms with Crippen molar-refractivity contribution in [2.24, 2.45) is 5.92 Å². The summed E-state index contributed by atoms with van der Waals surface area (Å²) in [6.45, 7) is 1.54. The van der Waals surface area contributed by atoms with Gasteiger partial charge in [0.25, 0.3) is 0 Å². The Hall–Kier alpha value is -0.860. The fourth-order valence-electron chi connectivity index (χ4n) is 0.513. The predicted molar refractivity (Wildman–Crippen MR) is 34.3 cm³/mol. The van der Waals surface area contributed by atoms with Crippen LogP contribution < -0.4 is 0 Å². The molecule has 0 amide bonds. The van der Waals surface area contributed by atoms with Crippen LogP contribution in [-0.2, 0) is 14.3 Å². The lowest BCUT2D eigenvalue weighted by atomic mass is 10.2. The first kappa shape index (κ1) is 7.25. The van der Waals surface area contributed by atoms with Crippen molar-refractivity contribution in [3.05, 3.63) is 0 Å². The summed E-state index contributed by atoms with van der Waals surface area (Å²) in [6, 6.07) is 0. The van der Waals surface area contributed by atoms with Crippen molar-refractivity contribution in [2.75, 3.05) is 0 Å². The van der Waals surface area contributed by atoms with Gasteiger partial charge < -0.3 is 9.53 Å². The molecular formula is C7H10O3. The quantitative estimate of drug-likeness (QED) is 0.328. The Kier molecular flexibility index (Phi) is 2.04. The standard InChI is InChI=1S/C7H10O3/c1-5(4-8)7(9)10-6-2-3-6/h4-6H,2-3H2,1H3. The molecule has 0 aromatic rings. The van der Waals surface area contributed by atoms with Gasteiger partial charge in [0.15, 0.2) is 0 Å². The second kappa shape index (κ2) is 2.82. The van der Waals surface area contributed by atoms with E-state index in [9.17, 15) is 9.59 Å². The zero-order valence-electron chi connectivity index (χ0n) is 5.87. The van der Waals surface area contributed by atoms with E-state index in [-0.39, 0.29) is 6.10 Å². The van der Waals surface area contributed by atoms with Gasteiger partial charge in [0.05, 0.1) is 0 Å². The van der Waals surface area contributed by atoms with Gasteiger partial charge in [0.1, 0.15) is 18.3 Å². The van der Waals surface area contributed by atoms with Crippen LogP contribution in [0.15, 0.2) is 0 Å². The summed E-state index contributed by atoms with van der Waals surface area (Å²) >= 11 is 0. The number of rotatable bonds is 3. The molecule has 0 aliphatic heterocycles. The molecule has 0 aromatic carbocycles. The van der Waals surface area contributed by atoms with E-state index in [0.29, 0.717) is 6.29 Å². The van der Waals surface area contributed by atoms with Gasteiger partial charge in [-0.2, -0.15) is 0 Å². The zero-order chi connectivity index (χ0) is 7.56. The lowest BCUT2D eigenvalue weighted by Crippen LogP contribution is -2.16. The molecule has 3 nitrogen and oxygen atoms in total. The van der Waals surface area contributed by atoms with Crippen LogP contribution >= 0.6 is 0 Å². The van der Waals surface area contributed by atoms with Crippen molar-refractivity contribution in [3.8, 4) is 0 Å². The molecular weight excluding hydrogens is 132 g/mol. The Balaban J connectivity index is 2.24. The van der Waals surface area contributed by atoms with Crippen molar-refractivity contribution < 1.29 is 14.3 Å². The van der Waals surface area contributed by atoms with E-state index in [1.54, 1.807) is 0 Å². The van der Waals surface area contributed by atoms with Gasteiger partial charge in [-0.05, 0) is 19.8 Å². The number of carbonyl (C=O) groups is 2. The summed E-state index contributed by atoms with van der Waals surface area (Å²) in [5, 5.41) is 0. The molecule has 1 unspecified atom stereocenters. The molecule has 0 heterocycles. The molecule has 0 bridgehead atoms. The van der Waals surface area contributed by atoms with Crippen molar-refractivity contribution in [1.29, 1.82) is 0 Å². The zero-order valence-corrected chi connectivity index (χ0v) is 5.87. The number of hydrogen-bond donors (Lipinski definition) is 0. The van der Waals surface area contributed by atoms with Crippen LogP contribution in [0.2, 0.25) is 0 Å². The first-order valence-corrected chi connectivity index (χ1v) is 3.40. The number of carbonyl (C=O) groups excluding carboxylic acids is 2. The minimum Gasteiger partial charge on any atom is -0.462 e. The molecule has 0 saturated heterocycles. The summed E-state index contributed by atoms with van der Waals surface area (Å²) in [4.78, 5) is 20.8. The lowest BCUT2D eigenvalue weighted by Gasteiger charge is -2.02. The topological polar surface area (TPSA) is 43.4 Å². The fraction of sp³-hybridized carbons (Fsp3) is 0.714. The smallest absolute Gasteiger partial charge is 0.316 e. The molecule has 56 valence electrons. The van der Waals surface area contributed by atoms with Crippen LogP contribution in [0.5, 0.6) is 0 Å². The van der Waals surface area contributed by atoms with Gasteiger partial charge in [0, 0.05) is 0 Å². The molecule has 10 heavy (non-hydrogen) atoms. The molecule has 0 radical (unpaired) electrons. The summed E-state index contributed by atoms with van der Waals surface area (Å²) in [5.41, 5.74) is 0. The van der Waals surface area contributed by atoms with Crippen LogP contribution in [0, 0.1) is 5.92 Å². The van der Waals surface area contributed by atoms with E-state index >= 15 is 0 Å². The van der Waals surface area contributed by atoms with Crippen LogP contribution in [-0.4, -0.2) is 18.4 Å². The highest BCUT2D eigenvalue weighted by Gasteiger charge is 2.27. The van der Waals surface area contributed by atoms with Crippen LogP contribution in [0.25, 0.3) is 0 Å². The average Bonchev–Trinajstić information content (AvgIpc) is 2.70. The minimum absolute atomic E-state index is 0.106. The van der Waals surface area contributed by atoms with Crippen molar-refractivity contribution >= 4 is 12.3 Å². The van der Waals surface area contributed by atoms with Gasteiger partial charge in [-0.3, -0.25) is 4.79 Å². The lowest BCUT2D eigenvalue weighted by molar-refractivity contribution is -0.150. The van der Waals surface area contributed by atoms with E-state index in [1.165, 1.54) is 6.92 Å². The normalized spacial score (nSPS) is 19.7.